The van der Waals surface area contributed by atoms with Crippen LogP contribution in [-0.4, -0.2) is 0 Å². The van der Waals surface area contributed by atoms with Crippen molar-refractivity contribution >= 4 is 0 Å². The molecule has 0 N–H and O–H groups in total. The maximum absolute atomic E-state index is 4.12. The number of hydrogen-bond donors (Lipinski definition) is 0. The monoisotopic (exact) mass is 115 g/mol. The van der Waals surface area contributed by atoms with Crippen molar-refractivity contribution in [3.8, 4) is 0 Å². The first-order chi connectivity index (χ1) is 3.72. The summed E-state index contributed by atoms with van der Waals surface area (Å²) in [7, 11) is 0. The molecule has 0 saturated heterocycles. The Bertz CT molecular complexity index is 171. The van der Waals surface area contributed by atoms with Crippen LogP contribution in [0.15, 0.2) is 6.20 Å². The summed E-state index contributed by atoms with van der Waals surface area (Å²) in [5.74, 6) is 0. The van der Waals surface area contributed by atoms with E-state index in [2.05, 4.69) is 18.8 Å². The van der Waals surface area contributed by atoms with E-state index in [1.807, 2.05) is 13.1 Å². The van der Waals surface area contributed by atoms with Gasteiger partial charge in [0.15, 0.2) is 0 Å². The molecule has 0 saturated carbocycles. The van der Waals surface area contributed by atoms with E-state index in [1.54, 1.807) is 0 Å². The van der Waals surface area contributed by atoms with Gasteiger partial charge in [0.25, 0.3) is 0 Å². The van der Waals surface area contributed by atoms with Gasteiger partial charge in [0.2, 0.25) is 0 Å². The smallest absolute Gasteiger partial charge is 0.667 e. The molecule has 1 rings (SSSR count). The molecule has 1 aromatic heterocycles. The summed E-state index contributed by atoms with van der Waals surface area (Å²) in [4.78, 5) is 4.12. The van der Waals surface area contributed by atoms with Crippen LogP contribution in [0.4, 0.5) is 0 Å². The van der Waals surface area contributed by atoms with Gasteiger partial charge in [-0.15, -0.1) is 0 Å². The van der Waals surface area contributed by atoms with E-state index in [9.17, 15) is 0 Å². The fourth-order valence-electron chi connectivity index (χ4n) is 0.673. The fourth-order valence-corrected chi connectivity index (χ4v) is 0.673. The van der Waals surface area contributed by atoms with E-state index in [4.69, 9.17) is 0 Å². The van der Waals surface area contributed by atoms with E-state index in [1.165, 1.54) is 11.1 Å². The second kappa shape index (κ2) is 3.15. The van der Waals surface area contributed by atoms with Crippen molar-refractivity contribution in [1.82, 2.24) is 4.98 Å². The average molecular weight is 115 g/mol. The van der Waals surface area contributed by atoms with Gasteiger partial charge in [-0.1, -0.05) is 18.1 Å². The Kier molecular flexibility index (Phi) is 3.11. The first-order valence-corrected chi connectivity index (χ1v) is 2.77. The van der Waals surface area contributed by atoms with E-state index in [-0.39, 0.29) is 18.9 Å². The molecule has 0 fully saturated rings. The van der Waals surface area contributed by atoms with Crippen molar-refractivity contribution < 1.29 is 18.9 Å². The number of aromatic nitrogens is 1. The Morgan fingerprint density at radius 2 is 1.78 bits per heavy atom. The number of hydrogen-bond acceptors (Lipinski definition) is 0. The van der Waals surface area contributed by atoms with Gasteiger partial charge in [-0.3, -0.25) is 0 Å². The molecule has 44 valence electrons. The van der Waals surface area contributed by atoms with Crippen LogP contribution in [0, 0.1) is 20.8 Å². The molecule has 0 aliphatic carbocycles. The van der Waals surface area contributed by atoms with Crippen LogP contribution in [-0.2, 0) is 0 Å². The largest absolute Gasteiger partial charge is 1.00 e. The van der Waals surface area contributed by atoms with Gasteiger partial charge in [0, 0.05) is 0 Å². The third kappa shape index (κ3) is 1.64. The standard InChI is InChI=1S/C7H10N.Li/c1-5-4-8-7(3)6(5)2;/h4H,1-3H3;/q-1;+1. The van der Waals surface area contributed by atoms with Gasteiger partial charge in [-0.2, -0.15) is 11.9 Å². The summed E-state index contributed by atoms with van der Waals surface area (Å²) in [5, 5.41) is 0. The minimum Gasteiger partial charge on any atom is -0.667 e. The SMILES string of the molecule is Cc1c[n-]c(C)c1C.[Li+]. The molecule has 0 radical (unpaired) electrons. The van der Waals surface area contributed by atoms with Crippen LogP contribution in [0.1, 0.15) is 16.8 Å². The maximum Gasteiger partial charge on any atom is 1.00 e. The molecule has 0 amide bonds. The van der Waals surface area contributed by atoms with Crippen LogP contribution < -0.4 is 23.8 Å². The molecular weight excluding hydrogens is 105 g/mol. The zero-order valence-corrected chi connectivity index (χ0v) is 6.52. The topological polar surface area (TPSA) is 14.1 Å². The molecule has 9 heavy (non-hydrogen) atoms. The van der Waals surface area contributed by atoms with Gasteiger partial charge < -0.3 is 4.98 Å². The van der Waals surface area contributed by atoms with E-state index >= 15 is 0 Å². The Labute approximate surface area is 68.0 Å². The molecule has 2 heteroatoms. The van der Waals surface area contributed by atoms with Crippen LogP contribution in [0.3, 0.4) is 0 Å². The first-order valence-electron chi connectivity index (χ1n) is 2.77. The van der Waals surface area contributed by atoms with E-state index < -0.39 is 0 Å². The summed E-state index contributed by atoms with van der Waals surface area (Å²) < 4.78 is 0. The second-order valence-corrected chi connectivity index (χ2v) is 2.15. The summed E-state index contributed by atoms with van der Waals surface area (Å²) in [6.45, 7) is 6.20. The molecule has 0 atom stereocenters. The van der Waals surface area contributed by atoms with E-state index in [0.717, 1.165) is 5.69 Å². The van der Waals surface area contributed by atoms with Crippen LogP contribution in [0.2, 0.25) is 0 Å². The van der Waals surface area contributed by atoms with Crippen LogP contribution in [0.25, 0.3) is 0 Å². The third-order valence-corrected chi connectivity index (χ3v) is 1.59. The van der Waals surface area contributed by atoms with Crippen molar-refractivity contribution in [3.05, 3.63) is 23.0 Å². The molecule has 0 aromatic carbocycles. The molecule has 0 spiro atoms. The Balaban J connectivity index is 0.000000640. The Morgan fingerprint density at radius 3 is 1.89 bits per heavy atom. The Morgan fingerprint density at radius 1 is 1.22 bits per heavy atom. The zero-order chi connectivity index (χ0) is 6.15. The summed E-state index contributed by atoms with van der Waals surface area (Å²) >= 11 is 0. The molecule has 1 aromatic rings. The van der Waals surface area contributed by atoms with Crippen molar-refractivity contribution in [2.75, 3.05) is 0 Å². The normalized spacial score (nSPS) is 8.78. The minimum atomic E-state index is 0. The van der Waals surface area contributed by atoms with Crippen molar-refractivity contribution in [2.24, 2.45) is 0 Å². The van der Waals surface area contributed by atoms with Gasteiger partial charge in [-0.25, -0.2) is 0 Å². The minimum absolute atomic E-state index is 0. The number of aryl methyl sites for hydroxylation is 2. The van der Waals surface area contributed by atoms with Crippen molar-refractivity contribution in [3.63, 3.8) is 0 Å². The fraction of sp³-hybridized carbons (Fsp3) is 0.429. The van der Waals surface area contributed by atoms with Gasteiger partial charge in [0.05, 0.1) is 0 Å². The van der Waals surface area contributed by atoms with E-state index in [0.29, 0.717) is 0 Å². The predicted octanol–water partition coefficient (Wildman–Crippen LogP) is -1.43. The molecule has 0 aliphatic rings. The zero-order valence-electron chi connectivity index (χ0n) is 6.52. The molecule has 1 heterocycles. The third-order valence-electron chi connectivity index (χ3n) is 1.59. The predicted molar refractivity (Wildman–Crippen MR) is 34.0 cm³/mol. The number of nitrogens with zero attached hydrogens (tertiary/aromatic N) is 1. The molecule has 0 unspecified atom stereocenters. The van der Waals surface area contributed by atoms with Crippen molar-refractivity contribution in [2.45, 2.75) is 20.8 Å². The maximum atomic E-state index is 4.12. The molecule has 1 nitrogen and oxygen atoms in total. The van der Waals surface area contributed by atoms with Crippen LogP contribution >= 0.6 is 0 Å². The van der Waals surface area contributed by atoms with Crippen molar-refractivity contribution in [1.29, 1.82) is 0 Å². The molecular formula is C7H10LiN. The molecule has 0 aliphatic heterocycles. The van der Waals surface area contributed by atoms with Gasteiger partial charge >= 0.3 is 18.9 Å². The number of rotatable bonds is 0. The first kappa shape index (κ1) is 8.88. The molecule has 0 bridgehead atoms. The summed E-state index contributed by atoms with van der Waals surface area (Å²) in [5.41, 5.74) is 3.77. The van der Waals surface area contributed by atoms with Gasteiger partial charge in [0.1, 0.15) is 0 Å². The second-order valence-electron chi connectivity index (χ2n) is 2.15. The van der Waals surface area contributed by atoms with Gasteiger partial charge in [-0.05, 0) is 13.8 Å². The quantitative estimate of drug-likeness (QED) is 0.378. The average Bonchev–Trinajstić information content (AvgIpc) is 1.98. The summed E-state index contributed by atoms with van der Waals surface area (Å²) in [6, 6.07) is 0. The van der Waals surface area contributed by atoms with Crippen LogP contribution in [0.5, 0.6) is 0 Å². The summed E-state index contributed by atoms with van der Waals surface area (Å²) in [6.07, 6.45) is 1.91. The Hall–Kier alpha value is -0.123.